The highest BCUT2D eigenvalue weighted by Crippen LogP contribution is 2.46. The van der Waals surface area contributed by atoms with E-state index in [2.05, 4.69) is 65.4 Å². The van der Waals surface area contributed by atoms with Gasteiger partial charge in [0.2, 0.25) is 0 Å². The molecule has 2 aromatic carbocycles. The van der Waals surface area contributed by atoms with E-state index in [4.69, 9.17) is 4.74 Å². The third-order valence-corrected chi connectivity index (χ3v) is 5.87. The van der Waals surface area contributed by atoms with E-state index in [0.29, 0.717) is 5.25 Å². The first kappa shape index (κ1) is 11.7. The van der Waals surface area contributed by atoms with Crippen molar-refractivity contribution >= 4 is 15.9 Å². The largest absolute Gasteiger partial charge is 0.456 e. The summed E-state index contributed by atoms with van der Waals surface area (Å²) in [6.07, 6.45) is 6.41. The molecule has 0 aromatic heterocycles. The van der Waals surface area contributed by atoms with Gasteiger partial charge in [-0.3, -0.25) is 0 Å². The van der Waals surface area contributed by atoms with Crippen molar-refractivity contribution in [1.82, 2.24) is 0 Å². The average Bonchev–Trinajstić information content (AvgIpc) is 2.53. The van der Waals surface area contributed by atoms with Crippen LogP contribution in [0, 0.1) is 0 Å². The lowest BCUT2D eigenvalue weighted by Crippen LogP contribution is -2.15. The Labute approximate surface area is 121 Å². The number of fused-ring (bicyclic) bond motifs is 2. The van der Waals surface area contributed by atoms with Crippen LogP contribution in [0.25, 0.3) is 0 Å². The van der Waals surface area contributed by atoms with E-state index in [9.17, 15) is 0 Å². The lowest BCUT2D eigenvalue weighted by Gasteiger charge is -2.26. The molecule has 2 aromatic rings. The molecule has 0 radical (unpaired) electrons. The summed E-state index contributed by atoms with van der Waals surface area (Å²) in [7, 11) is -0.335. The number of ether oxygens (including phenoxy) is 1. The lowest BCUT2D eigenvalue weighted by atomic mass is 10.00. The van der Waals surface area contributed by atoms with Crippen molar-refractivity contribution in [2.45, 2.75) is 5.25 Å². The third-order valence-electron chi connectivity index (χ3n) is 3.68. The number of rotatable bonds is 1. The Hall–Kier alpha value is -2.06. The van der Waals surface area contributed by atoms with Crippen LogP contribution in [0.5, 0.6) is 11.5 Å². The molecule has 4 rings (SSSR count). The molecule has 0 aliphatic carbocycles. The van der Waals surface area contributed by atoms with Gasteiger partial charge in [-0.2, -0.15) is 0 Å². The maximum Gasteiger partial charge on any atom is 0.145 e. The fourth-order valence-electron chi connectivity index (χ4n) is 2.79. The lowest BCUT2D eigenvalue weighted by molar-refractivity contribution is 0.459. The molecule has 0 bridgehead atoms. The Balaban J connectivity index is 1.95. The van der Waals surface area contributed by atoms with Gasteiger partial charge in [0, 0.05) is 11.1 Å². The van der Waals surface area contributed by atoms with Crippen LogP contribution in [0.15, 0.2) is 72.2 Å². The number of para-hydroxylation sites is 2. The molecule has 2 heteroatoms. The van der Waals surface area contributed by atoms with Crippen molar-refractivity contribution in [3.63, 3.8) is 0 Å². The van der Waals surface area contributed by atoms with E-state index >= 15 is 0 Å². The molecule has 0 saturated carbocycles. The zero-order valence-corrected chi connectivity index (χ0v) is 11.8. The predicted octanol–water partition coefficient (Wildman–Crippen LogP) is 4.12. The van der Waals surface area contributed by atoms with Crippen LogP contribution in [0.1, 0.15) is 16.4 Å². The monoisotopic (exact) mass is 279 g/mol. The number of thiol groups is 1. The zero-order chi connectivity index (χ0) is 13.4. The summed E-state index contributed by atoms with van der Waals surface area (Å²) in [5.41, 5.74) is 2.60. The quantitative estimate of drug-likeness (QED) is 0.433. The maximum absolute atomic E-state index is 6.05. The van der Waals surface area contributed by atoms with Gasteiger partial charge in [0.05, 0.1) is 10.8 Å². The van der Waals surface area contributed by atoms with Gasteiger partial charge < -0.3 is 4.74 Å². The van der Waals surface area contributed by atoms with Gasteiger partial charge in [-0.05, 0) is 24.3 Å². The van der Waals surface area contributed by atoms with Crippen LogP contribution in [0.4, 0.5) is 0 Å². The van der Waals surface area contributed by atoms with Gasteiger partial charge in [0.1, 0.15) is 16.7 Å². The molecule has 1 nitrogen and oxygen atoms in total. The van der Waals surface area contributed by atoms with Gasteiger partial charge in [0.25, 0.3) is 0 Å². The fraction of sp³-hybridized carbons (Fsp3) is 0.0556. The van der Waals surface area contributed by atoms with Crippen molar-refractivity contribution in [1.29, 1.82) is 0 Å². The van der Waals surface area contributed by atoms with Crippen molar-refractivity contribution in [3.05, 3.63) is 83.3 Å². The first-order valence-corrected chi connectivity index (χ1v) is 8.30. The van der Waals surface area contributed by atoms with Crippen molar-refractivity contribution in [3.8, 4) is 11.5 Å². The van der Waals surface area contributed by atoms with Crippen LogP contribution in [-0.4, -0.2) is 5.37 Å². The summed E-state index contributed by atoms with van der Waals surface area (Å²) in [6.45, 7) is 0. The first-order chi connectivity index (χ1) is 9.93. The minimum atomic E-state index is -0.335. The van der Waals surface area contributed by atoms with Gasteiger partial charge in [-0.25, -0.2) is 0 Å². The molecule has 98 valence electrons. The number of hydrogen-bond acceptors (Lipinski definition) is 1. The Morgan fingerprint density at radius 1 is 0.750 bits per heavy atom. The Bertz CT molecular complexity index is 710. The standard InChI is InChI=1S/C18H14OS/c1-6-12-20(13-7-1)18-14-8-2-4-10-16(14)19-17-11-5-3-9-15(17)18/h1-13,18H/p+1. The Morgan fingerprint density at radius 3 is 2.00 bits per heavy atom. The van der Waals surface area contributed by atoms with Crippen LogP contribution < -0.4 is 4.74 Å². The Kier molecular flexibility index (Phi) is 2.82. The van der Waals surface area contributed by atoms with Gasteiger partial charge >= 0.3 is 0 Å². The molecule has 0 fully saturated rings. The molecule has 1 atom stereocenters. The first-order valence-electron chi connectivity index (χ1n) is 6.75. The number of allylic oxidation sites excluding steroid dienone is 3. The topological polar surface area (TPSA) is 9.23 Å². The molecule has 0 saturated heterocycles. The zero-order valence-electron chi connectivity index (χ0n) is 10.9. The summed E-state index contributed by atoms with van der Waals surface area (Å²) in [5, 5.41) is 5.06. The molecule has 0 spiro atoms. The molecular weight excluding hydrogens is 264 g/mol. The minimum Gasteiger partial charge on any atom is -0.456 e. The second-order valence-corrected chi connectivity index (χ2v) is 6.91. The molecular formula is C18H15OS+. The molecule has 2 heterocycles. The summed E-state index contributed by atoms with van der Waals surface area (Å²) in [5.74, 6) is 1.99. The summed E-state index contributed by atoms with van der Waals surface area (Å²) in [6, 6.07) is 16.8. The Morgan fingerprint density at radius 2 is 1.40 bits per heavy atom. The van der Waals surface area contributed by atoms with E-state index < -0.39 is 0 Å². The van der Waals surface area contributed by atoms with Crippen molar-refractivity contribution < 1.29 is 4.74 Å². The minimum absolute atomic E-state index is 0.335. The highest BCUT2D eigenvalue weighted by atomic mass is 32.2. The van der Waals surface area contributed by atoms with Gasteiger partial charge in [-0.15, -0.1) is 10.5 Å². The molecule has 2 aliphatic heterocycles. The predicted molar refractivity (Wildman–Crippen MR) is 87.9 cm³/mol. The van der Waals surface area contributed by atoms with Gasteiger partial charge in [0.15, 0.2) is 0 Å². The summed E-state index contributed by atoms with van der Waals surface area (Å²) >= 11 is 0. The molecule has 20 heavy (non-hydrogen) atoms. The SMILES string of the molecule is C1=CC=[SH+](C2c3ccccc3Oc3ccccc32)C=C1. The number of benzene rings is 2. The van der Waals surface area contributed by atoms with E-state index in [1.54, 1.807) is 0 Å². The second-order valence-electron chi connectivity index (χ2n) is 4.90. The molecule has 0 N–H and O–H groups in total. The fourth-order valence-corrected chi connectivity index (χ4v) is 4.90. The van der Waals surface area contributed by atoms with Crippen LogP contribution >= 0.6 is 0 Å². The maximum atomic E-state index is 6.05. The van der Waals surface area contributed by atoms with Crippen LogP contribution in [0.3, 0.4) is 0 Å². The summed E-state index contributed by atoms with van der Waals surface area (Å²) < 4.78 is 6.05. The third kappa shape index (κ3) is 1.84. The molecule has 1 unspecified atom stereocenters. The highest BCUT2D eigenvalue weighted by Gasteiger charge is 2.32. The normalized spacial score (nSPS) is 19.7. The van der Waals surface area contributed by atoms with E-state index in [-0.39, 0.29) is 10.5 Å². The van der Waals surface area contributed by atoms with Crippen LogP contribution in [-0.2, 0) is 10.5 Å². The van der Waals surface area contributed by atoms with Gasteiger partial charge in [-0.1, -0.05) is 42.5 Å². The van der Waals surface area contributed by atoms with Crippen molar-refractivity contribution in [2.75, 3.05) is 0 Å². The van der Waals surface area contributed by atoms with Crippen LogP contribution in [0.2, 0.25) is 0 Å². The highest BCUT2D eigenvalue weighted by molar-refractivity contribution is 7.98. The molecule has 0 amide bonds. The summed E-state index contributed by atoms with van der Waals surface area (Å²) in [4.78, 5) is 0. The second kappa shape index (κ2) is 4.80. The van der Waals surface area contributed by atoms with Crippen molar-refractivity contribution in [2.24, 2.45) is 0 Å². The smallest absolute Gasteiger partial charge is 0.145 e. The molecule has 2 aliphatic rings. The number of hydrogen-bond donors (Lipinski definition) is 0. The van der Waals surface area contributed by atoms with E-state index in [1.807, 2.05) is 12.1 Å². The van der Waals surface area contributed by atoms with E-state index in [0.717, 1.165) is 11.5 Å². The van der Waals surface area contributed by atoms with E-state index in [1.165, 1.54) is 11.1 Å². The average molecular weight is 279 g/mol.